The van der Waals surface area contributed by atoms with Crippen LogP contribution in [-0.2, 0) is 17.8 Å². The van der Waals surface area contributed by atoms with E-state index in [-0.39, 0.29) is 11.9 Å². The molecule has 0 aromatic carbocycles. The normalized spacial score (nSPS) is 18.7. The molecule has 0 radical (unpaired) electrons. The van der Waals surface area contributed by atoms with Crippen molar-refractivity contribution in [3.8, 4) is 0 Å². The minimum atomic E-state index is -0.162. The number of hydrogen-bond acceptors (Lipinski definition) is 7. The summed E-state index contributed by atoms with van der Waals surface area (Å²) in [5.41, 5.74) is 0. The van der Waals surface area contributed by atoms with Gasteiger partial charge in [-0.2, -0.15) is 4.98 Å². The van der Waals surface area contributed by atoms with Crippen LogP contribution in [0.2, 0.25) is 0 Å². The topological polar surface area (TPSA) is 84.2 Å². The van der Waals surface area contributed by atoms with Gasteiger partial charge in [0.1, 0.15) is 0 Å². The summed E-state index contributed by atoms with van der Waals surface area (Å²) in [6, 6.07) is -0.162. The van der Waals surface area contributed by atoms with Crippen molar-refractivity contribution < 1.29 is 9.32 Å². The molecule has 22 heavy (non-hydrogen) atoms. The average molecular weight is 321 g/mol. The minimum Gasteiger partial charge on any atom is -0.338 e. The van der Waals surface area contributed by atoms with Gasteiger partial charge in [0.2, 0.25) is 11.8 Å². The van der Waals surface area contributed by atoms with Crippen molar-refractivity contribution in [2.24, 2.45) is 0 Å². The van der Waals surface area contributed by atoms with Crippen LogP contribution in [0.4, 0.5) is 5.13 Å². The second-order valence-corrected chi connectivity index (χ2v) is 6.20. The van der Waals surface area contributed by atoms with Crippen LogP contribution in [0.25, 0.3) is 0 Å². The van der Waals surface area contributed by atoms with E-state index in [1.54, 1.807) is 6.20 Å². The van der Waals surface area contributed by atoms with Crippen molar-refractivity contribution in [2.75, 3.05) is 11.9 Å². The lowest BCUT2D eigenvalue weighted by molar-refractivity contribution is -0.120. The summed E-state index contributed by atoms with van der Waals surface area (Å²) in [5.74, 6) is 1.30. The van der Waals surface area contributed by atoms with E-state index in [0.717, 1.165) is 38.1 Å². The molecule has 3 rings (SSSR count). The van der Waals surface area contributed by atoms with Crippen molar-refractivity contribution in [1.82, 2.24) is 20.0 Å². The standard InChI is InChI=1S/C14H19N5O2S/c1-2-4-11-16-12(21-18-11)9-19-7-3-5-10(19)13(20)17-14-15-6-8-22-14/h6,8,10H,2-5,7,9H2,1H3,(H,15,17,20)/t10-/m1/s1. The van der Waals surface area contributed by atoms with E-state index in [0.29, 0.717) is 17.6 Å². The van der Waals surface area contributed by atoms with E-state index >= 15 is 0 Å². The Balaban J connectivity index is 1.61. The van der Waals surface area contributed by atoms with Crippen LogP contribution in [0.1, 0.15) is 37.9 Å². The molecular formula is C14H19N5O2S. The predicted octanol–water partition coefficient (Wildman–Crippen LogP) is 2.08. The fourth-order valence-corrected chi connectivity index (χ4v) is 3.17. The van der Waals surface area contributed by atoms with Crippen LogP contribution < -0.4 is 5.32 Å². The van der Waals surface area contributed by atoms with E-state index < -0.39 is 0 Å². The van der Waals surface area contributed by atoms with Gasteiger partial charge in [0.05, 0.1) is 12.6 Å². The summed E-state index contributed by atoms with van der Waals surface area (Å²) >= 11 is 1.42. The SMILES string of the molecule is CCCc1noc(CN2CCC[C@@H]2C(=O)Nc2nccs2)n1. The van der Waals surface area contributed by atoms with Gasteiger partial charge in [-0.05, 0) is 25.8 Å². The molecule has 0 bridgehead atoms. The number of carbonyl (C=O) groups is 1. The first-order valence-electron chi connectivity index (χ1n) is 7.52. The zero-order valence-corrected chi connectivity index (χ0v) is 13.3. The summed E-state index contributed by atoms with van der Waals surface area (Å²) in [7, 11) is 0. The number of carbonyl (C=O) groups excluding carboxylic acids is 1. The van der Waals surface area contributed by atoms with Crippen LogP contribution in [0.3, 0.4) is 0 Å². The molecule has 2 aromatic heterocycles. The highest BCUT2D eigenvalue weighted by Crippen LogP contribution is 2.22. The van der Waals surface area contributed by atoms with E-state index in [9.17, 15) is 4.79 Å². The minimum absolute atomic E-state index is 0.0132. The van der Waals surface area contributed by atoms with Gasteiger partial charge < -0.3 is 9.84 Å². The molecule has 0 spiro atoms. The third kappa shape index (κ3) is 3.50. The Morgan fingerprint density at radius 2 is 2.50 bits per heavy atom. The number of rotatable bonds is 6. The van der Waals surface area contributed by atoms with Gasteiger partial charge in [0.15, 0.2) is 11.0 Å². The average Bonchev–Trinajstić information content (AvgIpc) is 3.22. The van der Waals surface area contributed by atoms with E-state index in [2.05, 4.69) is 32.3 Å². The Labute approximate surface area is 132 Å². The number of anilines is 1. The third-order valence-electron chi connectivity index (χ3n) is 3.65. The molecule has 1 atom stereocenters. The van der Waals surface area contributed by atoms with Gasteiger partial charge in [-0.3, -0.25) is 9.69 Å². The predicted molar refractivity (Wildman–Crippen MR) is 82.5 cm³/mol. The zero-order valence-electron chi connectivity index (χ0n) is 12.5. The number of likely N-dealkylation sites (tertiary alicyclic amines) is 1. The summed E-state index contributed by atoms with van der Waals surface area (Å²) in [5, 5.41) is 9.30. The molecule has 1 saturated heterocycles. The first kappa shape index (κ1) is 15.1. The van der Waals surface area contributed by atoms with Crippen molar-refractivity contribution >= 4 is 22.4 Å². The Morgan fingerprint density at radius 1 is 1.59 bits per heavy atom. The van der Waals surface area contributed by atoms with Crippen LogP contribution in [-0.4, -0.2) is 38.5 Å². The molecule has 2 aromatic rings. The summed E-state index contributed by atoms with van der Waals surface area (Å²) in [4.78, 5) is 22.9. The number of nitrogens with zero attached hydrogens (tertiary/aromatic N) is 4. The Morgan fingerprint density at radius 3 is 3.27 bits per heavy atom. The molecule has 0 unspecified atom stereocenters. The lowest BCUT2D eigenvalue weighted by Gasteiger charge is -2.21. The van der Waals surface area contributed by atoms with E-state index in [1.807, 2.05) is 5.38 Å². The van der Waals surface area contributed by atoms with Crippen molar-refractivity contribution in [3.63, 3.8) is 0 Å². The fourth-order valence-electron chi connectivity index (χ4n) is 2.64. The monoisotopic (exact) mass is 321 g/mol. The second-order valence-electron chi connectivity index (χ2n) is 5.31. The van der Waals surface area contributed by atoms with Gasteiger partial charge in [-0.25, -0.2) is 4.98 Å². The number of thiazole rings is 1. The largest absolute Gasteiger partial charge is 0.338 e. The summed E-state index contributed by atoms with van der Waals surface area (Å²) in [6.45, 7) is 3.46. The molecule has 1 amide bonds. The number of nitrogens with one attached hydrogen (secondary N) is 1. The van der Waals surface area contributed by atoms with Crippen LogP contribution >= 0.6 is 11.3 Å². The van der Waals surface area contributed by atoms with Crippen molar-refractivity contribution in [2.45, 2.75) is 45.2 Å². The van der Waals surface area contributed by atoms with Crippen LogP contribution in [0.15, 0.2) is 16.1 Å². The molecule has 1 aliphatic heterocycles. The quantitative estimate of drug-likeness (QED) is 0.877. The molecule has 118 valence electrons. The van der Waals surface area contributed by atoms with E-state index in [1.165, 1.54) is 11.3 Å². The van der Waals surface area contributed by atoms with Gasteiger partial charge in [-0.1, -0.05) is 12.1 Å². The number of aromatic nitrogens is 3. The first-order chi connectivity index (χ1) is 10.8. The van der Waals surface area contributed by atoms with Crippen LogP contribution in [0.5, 0.6) is 0 Å². The van der Waals surface area contributed by atoms with Gasteiger partial charge in [-0.15, -0.1) is 11.3 Å². The molecule has 1 aliphatic rings. The van der Waals surface area contributed by atoms with Gasteiger partial charge >= 0.3 is 0 Å². The van der Waals surface area contributed by atoms with E-state index in [4.69, 9.17) is 4.52 Å². The molecule has 1 N–H and O–H groups in total. The summed E-state index contributed by atoms with van der Waals surface area (Å²) < 4.78 is 5.27. The molecule has 8 heteroatoms. The zero-order chi connectivity index (χ0) is 15.4. The highest BCUT2D eigenvalue weighted by atomic mass is 32.1. The van der Waals surface area contributed by atoms with Crippen LogP contribution in [0, 0.1) is 0 Å². The highest BCUT2D eigenvalue weighted by Gasteiger charge is 2.32. The number of aryl methyl sites for hydroxylation is 1. The second kappa shape index (κ2) is 6.97. The highest BCUT2D eigenvalue weighted by molar-refractivity contribution is 7.13. The summed E-state index contributed by atoms with van der Waals surface area (Å²) in [6.07, 6.45) is 5.32. The molecule has 7 nitrogen and oxygen atoms in total. The Hall–Kier alpha value is -1.80. The van der Waals surface area contributed by atoms with Crippen molar-refractivity contribution in [1.29, 1.82) is 0 Å². The fraction of sp³-hybridized carbons (Fsp3) is 0.571. The molecule has 3 heterocycles. The number of hydrogen-bond donors (Lipinski definition) is 1. The van der Waals surface area contributed by atoms with Gasteiger partial charge in [0.25, 0.3) is 0 Å². The molecule has 0 saturated carbocycles. The lowest BCUT2D eigenvalue weighted by Crippen LogP contribution is -2.39. The number of amides is 1. The third-order valence-corrected chi connectivity index (χ3v) is 4.34. The Bertz CT molecular complexity index is 613. The molecule has 1 fully saturated rings. The van der Waals surface area contributed by atoms with Gasteiger partial charge in [0, 0.05) is 18.0 Å². The maximum atomic E-state index is 12.4. The first-order valence-corrected chi connectivity index (χ1v) is 8.40. The molecular weight excluding hydrogens is 302 g/mol. The Kier molecular flexibility index (Phi) is 4.79. The molecule has 0 aliphatic carbocycles. The smallest absolute Gasteiger partial charge is 0.243 e. The maximum absolute atomic E-state index is 12.4. The van der Waals surface area contributed by atoms with Crippen molar-refractivity contribution in [3.05, 3.63) is 23.3 Å². The maximum Gasteiger partial charge on any atom is 0.243 e. The lowest BCUT2D eigenvalue weighted by atomic mass is 10.2.